The van der Waals surface area contributed by atoms with Crippen molar-refractivity contribution >= 4 is 21.8 Å². The Bertz CT molecular complexity index is 550. The monoisotopic (exact) mass is 370 g/mol. The number of methoxy groups -OCH3 is 1. The van der Waals surface area contributed by atoms with Gasteiger partial charge in [-0.2, -0.15) is 0 Å². The third-order valence-electron chi connectivity index (χ3n) is 4.02. The van der Waals surface area contributed by atoms with E-state index < -0.39 is 0 Å². The number of ether oxygens (including phenoxy) is 2. The summed E-state index contributed by atoms with van der Waals surface area (Å²) in [4.78, 5) is 14.7. The van der Waals surface area contributed by atoms with Crippen LogP contribution in [-0.4, -0.2) is 43.7 Å². The van der Waals surface area contributed by atoms with E-state index in [9.17, 15) is 4.79 Å². The van der Waals surface area contributed by atoms with Crippen LogP contribution in [0.4, 0.5) is 0 Å². The molecule has 6 heteroatoms. The number of hydrogen-bond acceptors (Lipinski definition) is 4. The minimum Gasteiger partial charge on any atom is -0.493 e. The van der Waals surface area contributed by atoms with Crippen LogP contribution in [0.1, 0.15) is 30.6 Å². The van der Waals surface area contributed by atoms with E-state index in [4.69, 9.17) is 15.2 Å². The molecule has 1 amide bonds. The zero-order valence-electron chi connectivity index (χ0n) is 13.3. The van der Waals surface area contributed by atoms with Crippen molar-refractivity contribution in [3.63, 3.8) is 0 Å². The van der Waals surface area contributed by atoms with Gasteiger partial charge in [0.25, 0.3) is 5.91 Å². The Hall–Kier alpha value is -1.27. The molecule has 0 saturated carbocycles. The molecule has 1 aliphatic rings. The summed E-state index contributed by atoms with van der Waals surface area (Å²) in [5.41, 5.74) is 6.33. The number of halogens is 1. The maximum absolute atomic E-state index is 12.8. The second-order valence-corrected chi connectivity index (χ2v) is 6.42. The van der Waals surface area contributed by atoms with E-state index >= 15 is 0 Å². The van der Waals surface area contributed by atoms with Crippen molar-refractivity contribution in [3.05, 3.63) is 22.2 Å². The molecule has 0 spiro atoms. The summed E-state index contributed by atoms with van der Waals surface area (Å²) in [6.07, 6.45) is 0.956. The molecular weight excluding hydrogens is 348 g/mol. The van der Waals surface area contributed by atoms with Crippen LogP contribution in [0.15, 0.2) is 16.6 Å². The van der Waals surface area contributed by atoms with Gasteiger partial charge in [-0.15, -0.1) is 0 Å². The van der Waals surface area contributed by atoms with Gasteiger partial charge in [-0.05, 0) is 60.8 Å². The van der Waals surface area contributed by atoms with Crippen LogP contribution in [-0.2, 0) is 0 Å². The lowest BCUT2D eigenvalue weighted by Crippen LogP contribution is -2.34. The Labute approximate surface area is 139 Å². The number of rotatable bonds is 5. The second kappa shape index (κ2) is 7.33. The molecule has 5 nitrogen and oxygen atoms in total. The Morgan fingerprint density at radius 1 is 1.50 bits per heavy atom. The van der Waals surface area contributed by atoms with Crippen molar-refractivity contribution in [2.45, 2.75) is 26.3 Å². The van der Waals surface area contributed by atoms with Gasteiger partial charge >= 0.3 is 0 Å². The number of amides is 1. The Morgan fingerprint density at radius 2 is 2.23 bits per heavy atom. The summed E-state index contributed by atoms with van der Waals surface area (Å²) >= 11 is 3.46. The lowest BCUT2D eigenvalue weighted by molar-refractivity contribution is 0.0743. The molecule has 0 aliphatic carbocycles. The fourth-order valence-electron chi connectivity index (χ4n) is 2.89. The maximum Gasteiger partial charge on any atom is 0.254 e. The fourth-order valence-corrected chi connectivity index (χ4v) is 3.45. The standard InChI is InChI=1S/C16H23BrN2O3/c1-4-22-15-13(17)6-12(7-14(15)21-3)16(20)19-9-11(8-18)5-10(19)2/h6-7,10-11H,4-5,8-9,18H2,1-3H3. The molecule has 2 N–H and O–H groups in total. The van der Waals surface area contributed by atoms with E-state index in [1.165, 1.54) is 0 Å². The average Bonchev–Trinajstić information content (AvgIpc) is 2.89. The van der Waals surface area contributed by atoms with Crippen molar-refractivity contribution in [2.24, 2.45) is 11.7 Å². The van der Waals surface area contributed by atoms with Gasteiger partial charge in [0.1, 0.15) is 0 Å². The smallest absolute Gasteiger partial charge is 0.254 e. The number of hydrogen-bond donors (Lipinski definition) is 1. The van der Waals surface area contributed by atoms with Crippen molar-refractivity contribution < 1.29 is 14.3 Å². The van der Waals surface area contributed by atoms with Gasteiger partial charge in [0.15, 0.2) is 11.5 Å². The number of nitrogens with two attached hydrogens (primary N) is 1. The van der Waals surface area contributed by atoms with Gasteiger partial charge < -0.3 is 20.1 Å². The predicted molar refractivity (Wildman–Crippen MR) is 89.5 cm³/mol. The van der Waals surface area contributed by atoms with Crippen molar-refractivity contribution in [1.82, 2.24) is 4.90 Å². The Morgan fingerprint density at radius 3 is 2.77 bits per heavy atom. The SMILES string of the molecule is CCOc1c(Br)cc(C(=O)N2CC(CN)CC2C)cc1OC. The number of nitrogens with zero attached hydrogens (tertiary/aromatic N) is 1. The first kappa shape index (κ1) is 17.1. The second-order valence-electron chi connectivity index (χ2n) is 5.57. The van der Waals surface area contributed by atoms with Crippen molar-refractivity contribution in [2.75, 3.05) is 26.8 Å². The molecule has 1 aliphatic heterocycles. The third kappa shape index (κ3) is 3.38. The van der Waals surface area contributed by atoms with Gasteiger partial charge in [0, 0.05) is 18.2 Å². The highest BCUT2D eigenvalue weighted by Crippen LogP contribution is 2.37. The number of benzene rings is 1. The van der Waals surface area contributed by atoms with Crippen LogP contribution in [0.2, 0.25) is 0 Å². The zero-order chi connectivity index (χ0) is 16.3. The summed E-state index contributed by atoms with van der Waals surface area (Å²) in [6, 6.07) is 3.73. The van der Waals surface area contributed by atoms with Crippen molar-refractivity contribution in [1.29, 1.82) is 0 Å². The van der Waals surface area contributed by atoms with Crippen LogP contribution in [0.25, 0.3) is 0 Å². The van der Waals surface area contributed by atoms with E-state index in [-0.39, 0.29) is 11.9 Å². The zero-order valence-corrected chi connectivity index (χ0v) is 14.9. The lowest BCUT2D eigenvalue weighted by Gasteiger charge is -2.22. The molecule has 0 aromatic heterocycles. The first-order valence-corrected chi connectivity index (χ1v) is 8.32. The van der Waals surface area contributed by atoms with E-state index in [2.05, 4.69) is 22.9 Å². The summed E-state index contributed by atoms with van der Waals surface area (Å²) < 4.78 is 11.6. The first-order valence-electron chi connectivity index (χ1n) is 7.53. The Balaban J connectivity index is 2.29. The molecule has 2 atom stereocenters. The largest absolute Gasteiger partial charge is 0.493 e. The van der Waals surface area contributed by atoms with Crippen LogP contribution in [0.3, 0.4) is 0 Å². The first-order chi connectivity index (χ1) is 10.5. The van der Waals surface area contributed by atoms with Gasteiger partial charge in [-0.25, -0.2) is 0 Å². The summed E-state index contributed by atoms with van der Waals surface area (Å²) in [5, 5.41) is 0. The molecule has 1 fully saturated rings. The maximum atomic E-state index is 12.8. The van der Waals surface area contributed by atoms with E-state index in [0.29, 0.717) is 42.7 Å². The highest BCUT2D eigenvalue weighted by Gasteiger charge is 2.32. The molecule has 0 bridgehead atoms. The molecule has 2 unspecified atom stereocenters. The highest BCUT2D eigenvalue weighted by atomic mass is 79.9. The fraction of sp³-hybridized carbons (Fsp3) is 0.562. The minimum absolute atomic E-state index is 0.00509. The summed E-state index contributed by atoms with van der Waals surface area (Å²) in [7, 11) is 1.57. The number of carbonyl (C=O) groups is 1. The molecule has 22 heavy (non-hydrogen) atoms. The minimum atomic E-state index is 0.00509. The molecule has 1 heterocycles. The Kier molecular flexibility index (Phi) is 5.69. The van der Waals surface area contributed by atoms with Gasteiger partial charge in [0.2, 0.25) is 0 Å². The molecular formula is C16H23BrN2O3. The van der Waals surface area contributed by atoms with Crippen LogP contribution in [0.5, 0.6) is 11.5 Å². The van der Waals surface area contributed by atoms with Crippen LogP contribution < -0.4 is 15.2 Å². The molecule has 0 radical (unpaired) electrons. The van der Waals surface area contributed by atoms with E-state index in [1.54, 1.807) is 19.2 Å². The normalized spacial score (nSPS) is 21.0. The number of carbonyl (C=O) groups excluding carboxylic acids is 1. The van der Waals surface area contributed by atoms with Crippen molar-refractivity contribution in [3.8, 4) is 11.5 Å². The van der Waals surface area contributed by atoms with Gasteiger partial charge in [-0.1, -0.05) is 0 Å². The van der Waals surface area contributed by atoms with E-state index in [0.717, 1.165) is 10.9 Å². The van der Waals surface area contributed by atoms with Crippen LogP contribution in [0, 0.1) is 5.92 Å². The topological polar surface area (TPSA) is 64.8 Å². The summed E-state index contributed by atoms with van der Waals surface area (Å²) in [5.74, 6) is 1.56. The third-order valence-corrected chi connectivity index (χ3v) is 4.61. The van der Waals surface area contributed by atoms with Gasteiger partial charge in [0.05, 0.1) is 18.2 Å². The molecule has 1 aromatic rings. The van der Waals surface area contributed by atoms with Crippen LogP contribution >= 0.6 is 15.9 Å². The molecule has 122 valence electrons. The molecule has 1 aromatic carbocycles. The molecule has 1 saturated heterocycles. The lowest BCUT2D eigenvalue weighted by atomic mass is 10.1. The quantitative estimate of drug-likeness (QED) is 0.865. The molecule has 2 rings (SSSR count). The number of likely N-dealkylation sites (tertiary alicyclic amines) is 1. The highest BCUT2D eigenvalue weighted by molar-refractivity contribution is 9.10. The average molecular weight is 371 g/mol. The van der Waals surface area contributed by atoms with Gasteiger partial charge in [-0.3, -0.25) is 4.79 Å². The predicted octanol–water partition coefficient (Wildman–Crippen LogP) is 2.67. The van der Waals surface area contributed by atoms with E-state index in [1.807, 2.05) is 11.8 Å². The summed E-state index contributed by atoms with van der Waals surface area (Å²) in [6.45, 7) is 5.83.